The van der Waals surface area contributed by atoms with Gasteiger partial charge < -0.3 is 14.1 Å². The highest BCUT2D eigenvalue weighted by atomic mass is 28.4. The Hall–Kier alpha value is -1.40. The maximum atomic E-state index is 14.2. The van der Waals surface area contributed by atoms with Crippen molar-refractivity contribution in [1.29, 1.82) is 0 Å². The average Bonchev–Trinajstić information content (AvgIpc) is 3.12. The van der Waals surface area contributed by atoms with Gasteiger partial charge in [-0.15, -0.1) is 0 Å². The minimum absolute atomic E-state index is 0.00160. The Balaban J connectivity index is 2.31. The fourth-order valence-corrected chi connectivity index (χ4v) is 5.87. The molecule has 3 atom stereocenters. The third-order valence-electron chi connectivity index (χ3n) is 9.03. The SMILES string of the molecule is CC(C)(C)C(OC(=O)N1C[C@H](CO[Si](C)(C)C(C)(C)C)[C@@H](c2cccc(F)c2)C1)C(C)(C)C(C)(C)C. The number of rotatable bonds is 6. The van der Waals surface area contributed by atoms with Crippen molar-refractivity contribution in [2.45, 2.75) is 106 Å². The van der Waals surface area contributed by atoms with E-state index in [9.17, 15) is 9.18 Å². The fraction of sp³-hybridized carbons (Fsp3) is 0.767. The van der Waals surface area contributed by atoms with E-state index in [-0.39, 0.29) is 51.1 Å². The first-order chi connectivity index (χ1) is 16.1. The van der Waals surface area contributed by atoms with E-state index < -0.39 is 8.32 Å². The first-order valence-electron chi connectivity index (χ1n) is 13.4. The predicted molar refractivity (Wildman–Crippen MR) is 150 cm³/mol. The quantitative estimate of drug-likeness (QED) is 0.352. The summed E-state index contributed by atoms with van der Waals surface area (Å²) in [4.78, 5) is 15.4. The van der Waals surface area contributed by atoms with Gasteiger partial charge in [-0.05, 0) is 46.7 Å². The summed E-state index contributed by atoms with van der Waals surface area (Å²) in [5.74, 6) is -0.170. The normalized spacial score (nSPS) is 21.0. The van der Waals surface area contributed by atoms with Crippen molar-refractivity contribution in [3.05, 3.63) is 35.6 Å². The van der Waals surface area contributed by atoms with Crippen LogP contribution in [0.1, 0.15) is 87.6 Å². The molecule has 0 N–H and O–H groups in total. The zero-order valence-electron chi connectivity index (χ0n) is 25.2. The maximum Gasteiger partial charge on any atom is 0.410 e. The summed E-state index contributed by atoms with van der Waals surface area (Å²) in [7, 11) is -1.97. The molecular formula is C30H52FNO3Si. The molecule has 4 nitrogen and oxygen atoms in total. The summed E-state index contributed by atoms with van der Waals surface area (Å²) in [6, 6.07) is 6.77. The topological polar surface area (TPSA) is 38.8 Å². The minimum Gasteiger partial charge on any atom is -0.445 e. The molecule has 1 unspecified atom stereocenters. The summed E-state index contributed by atoms with van der Waals surface area (Å²) in [5.41, 5.74) is 0.392. The largest absolute Gasteiger partial charge is 0.445 e. The van der Waals surface area contributed by atoms with Gasteiger partial charge in [-0.25, -0.2) is 9.18 Å². The van der Waals surface area contributed by atoms with E-state index in [1.807, 2.05) is 11.0 Å². The second kappa shape index (κ2) is 10.4. The molecule has 1 aliphatic heterocycles. The minimum atomic E-state index is -1.97. The second-order valence-corrected chi connectivity index (χ2v) is 19.8. The molecule has 1 heterocycles. The smallest absolute Gasteiger partial charge is 0.410 e. The lowest BCUT2D eigenvalue weighted by molar-refractivity contribution is -0.0985. The average molecular weight is 522 g/mol. The van der Waals surface area contributed by atoms with E-state index in [1.165, 1.54) is 6.07 Å². The number of hydrogen-bond acceptors (Lipinski definition) is 3. The Morgan fingerprint density at radius 1 is 1.03 bits per heavy atom. The number of carbonyl (C=O) groups excluding carboxylic acids is 1. The van der Waals surface area contributed by atoms with Crippen molar-refractivity contribution in [2.75, 3.05) is 19.7 Å². The number of amides is 1. The zero-order valence-corrected chi connectivity index (χ0v) is 26.2. The van der Waals surface area contributed by atoms with Crippen LogP contribution in [0.5, 0.6) is 0 Å². The lowest BCUT2D eigenvalue weighted by Gasteiger charge is -2.49. The van der Waals surface area contributed by atoms with Gasteiger partial charge in [-0.1, -0.05) is 88.3 Å². The van der Waals surface area contributed by atoms with Gasteiger partial charge in [-0.2, -0.15) is 0 Å². The molecule has 0 radical (unpaired) electrons. The van der Waals surface area contributed by atoms with E-state index in [0.717, 1.165) is 5.56 Å². The van der Waals surface area contributed by atoms with Crippen LogP contribution in [0.4, 0.5) is 9.18 Å². The molecule has 1 fully saturated rings. The molecule has 1 aliphatic rings. The number of benzene rings is 1. The third kappa shape index (κ3) is 6.92. The van der Waals surface area contributed by atoms with Gasteiger partial charge in [0, 0.05) is 36.9 Å². The van der Waals surface area contributed by atoms with E-state index in [1.54, 1.807) is 12.1 Å². The van der Waals surface area contributed by atoms with Crippen LogP contribution < -0.4 is 0 Å². The highest BCUT2D eigenvalue weighted by Gasteiger charge is 2.49. The molecule has 0 aromatic heterocycles. The van der Waals surface area contributed by atoms with Crippen LogP contribution in [0.3, 0.4) is 0 Å². The zero-order chi connectivity index (χ0) is 27.9. The number of ether oxygens (including phenoxy) is 1. The Labute approximate surface area is 221 Å². The molecule has 0 saturated carbocycles. The van der Waals surface area contributed by atoms with E-state index in [0.29, 0.717) is 19.7 Å². The Morgan fingerprint density at radius 3 is 2.08 bits per heavy atom. The number of carbonyl (C=O) groups is 1. The summed E-state index contributed by atoms with van der Waals surface area (Å²) in [6.07, 6.45) is -0.559. The summed E-state index contributed by atoms with van der Waals surface area (Å²) < 4.78 is 27.1. The molecule has 2 rings (SSSR count). The lowest BCUT2D eigenvalue weighted by Crippen LogP contribution is -2.51. The van der Waals surface area contributed by atoms with Crippen LogP contribution >= 0.6 is 0 Å². The number of nitrogens with zero attached hydrogens (tertiary/aromatic N) is 1. The van der Waals surface area contributed by atoms with E-state index in [4.69, 9.17) is 9.16 Å². The van der Waals surface area contributed by atoms with Crippen molar-refractivity contribution in [3.8, 4) is 0 Å². The van der Waals surface area contributed by atoms with Gasteiger partial charge in [-0.3, -0.25) is 0 Å². The first kappa shape index (κ1) is 30.8. The van der Waals surface area contributed by atoms with Gasteiger partial charge in [0.25, 0.3) is 0 Å². The van der Waals surface area contributed by atoms with Crippen molar-refractivity contribution in [1.82, 2.24) is 4.90 Å². The van der Waals surface area contributed by atoms with Crippen molar-refractivity contribution in [3.63, 3.8) is 0 Å². The molecule has 0 aliphatic carbocycles. The third-order valence-corrected chi connectivity index (χ3v) is 13.5. The van der Waals surface area contributed by atoms with Crippen molar-refractivity contribution >= 4 is 14.4 Å². The van der Waals surface area contributed by atoms with Gasteiger partial charge >= 0.3 is 6.09 Å². The van der Waals surface area contributed by atoms with Crippen LogP contribution in [-0.2, 0) is 9.16 Å². The fourth-order valence-electron chi connectivity index (χ4n) is 4.81. The monoisotopic (exact) mass is 521 g/mol. The summed E-state index contributed by atoms with van der Waals surface area (Å²) in [5, 5.41) is 0.0943. The maximum absolute atomic E-state index is 14.2. The Morgan fingerprint density at radius 2 is 1.61 bits per heavy atom. The molecule has 1 amide bonds. The highest BCUT2D eigenvalue weighted by molar-refractivity contribution is 6.74. The first-order valence-corrected chi connectivity index (χ1v) is 16.3. The molecule has 1 aromatic rings. The Kier molecular flexibility index (Phi) is 8.90. The van der Waals surface area contributed by atoms with E-state index in [2.05, 4.69) is 89.3 Å². The van der Waals surface area contributed by atoms with Crippen LogP contribution in [0, 0.1) is 28.0 Å². The van der Waals surface area contributed by atoms with Crippen molar-refractivity contribution < 1.29 is 18.3 Å². The van der Waals surface area contributed by atoms with Gasteiger partial charge in [0.15, 0.2) is 8.32 Å². The van der Waals surface area contributed by atoms with E-state index >= 15 is 0 Å². The molecule has 0 spiro atoms. The molecule has 0 bridgehead atoms. The summed E-state index contributed by atoms with van der Waals surface area (Å²) >= 11 is 0. The predicted octanol–water partition coefficient (Wildman–Crippen LogP) is 8.49. The van der Waals surface area contributed by atoms with Crippen LogP contribution in [0.2, 0.25) is 18.1 Å². The standard InChI is InChI=1S/C30H52FNO3Si/c1-27(2,3)25(30(10,11)28(4,5)6)35-26(33)32-18-22(20-34-36(12,13)29(7,8)9)24(19-32)21-15-14-16-23(31)17-21/h14-17,22,24-25H,18-20H2,1-13H3/t22-,24-,25?/m1/s1. The van der Waals surface area contributed by atoms with Crippen LogP contribution in [0.15, 0.2) is 24.3 Å². The number of likely N-dealkylation sites (tertiary alicyclic amines) is 1. The van der Waals surface area contributed by atoms with Crippen molar-refractivity contribution in [2.24, 2.45) is 22.2 Å². The number of halogens is 1. The van der Waals surface area contributed by atoms with Crippen LogP contribution in [-0.4, -0.2) is 45.1 Å². The van der Waals surface area contributed by atoms with Gasteiger partial charge in [0.1, 0.15) is 11.9 Å². The van der Waals surface area contributed by atoms with Crippen LogP contribution in [0.25, 0.3) is 0 Å². The van der Waals surface area contributed by atoms with Gasteiger partial charge in [0.2, 0.25) is 0 Å². The Bertz CT molecular complexity index is 908. The summed E-state index contributed by atoms with van der Waals surface area (Å²) in [6.45, 7) is 30.1. The molecular weight excluding hydrogens is 469 g/mol. The molecule has 206 valence electrons. The lowest BCUT2D eigenvalue weighted by atomic mass is 9.60. The molecule has 36 heavy (non-hydrogen) atoms. The molecule has 6 heteroatoms. The molecule has 1 aromatic carbocycles. The second-order valence-electron chi connectivity index (χ2n) is 15.0. The highest BCUT2D eigenvalue weighted by Crippen LogP contribution is 2.48. The number of hydrogen-bond donors (Lipinski definition) is 0. The van der Waals surface area contributed by atoms with Gasteiger partial charge in [0.05, 0.1) is 0 Å². The molecule has 1 saturated heterocycles.